The van der Waals surface area contributed by atoms with Gasteiger partial charge in [-0.05, 0) is 55.5 Å². The number of aromatic nitrogens is 2. The Labute approximate surface area is 181 Å². The van der Waals surface area contributed by atoms with Crippen LogP contribution in [0.2, 0.25) is 0 Å². The maximum Gasteiger partial charge on any atom is 0.251 e. The first kappa shape index (κ1) is 19.5. The lowest BCUT2D eigenvalue weighted by molar-refractivity contribution is -0.135. The van der Waals surface area contributed by atoms with E-state index in [1.807, 2.05) is 41.5 Å². The van der Waals surface area contributed by atoms with Gasteiger partial charge in [-0.25, -0.2) is 5.43 Å². The highest BCUT2D eigenvalue weighted by Gasteiger charge is 2.40. The summed E-state index contributed by atoms with van der Waals surface area (Å²) in [6.07, 6.45) is 4.39. The van der Waals surface area contributed by atoms with E-state index in [-0.39, 0.29) is 24.5 Å². The average molecular weight is 415 g/mol. The second kappa shape index (κ2) is 7.67. The molecule has 1 amide bonds. The molecule has 0 aliphatic carbocycles. The fourth-order valence-corrected chi connectivity index (χ4v) is 4.21. The first-order valence-corrected chi connectivity index (χ1v) is 10.5. The second-order valence-corrected chi connectivity index (χ2v) is 8.27. The van der Waals surface area contributed by atoms with Crippen molar-refractivity contribution >= 4 is 5.91 Å². The van der Waals surface area contributed by atoms with Crippen molar-refractivity contribution in [3.05, 3.63) is 83.0 Å². The third-order valence-electron chi connectivity index (χ3n) is 6.18. The molecular weight excluding hydrogens is 390 g/mol. The lowest BCUT2D eigenvalue weighted by Crippen LogP contribution is -2.47. The van der Waals surface area contributed by atoms with Crippen molar-refractivity contribution in [2.45, 2.75) is 45.8 Å². The van der Waals surface area contributed by atoms with E-state index >= 15 is 0 Å². The largest absolute Gasteiger partial charge is 0.337 e. The Morgan fingerprint density at radius 2 is 1.90 bits per heavy atom. The van der Waals surface area contributed by atoms with Gasteiger partial charge in [0, 0.05) is 18.0 Å². The molecule has 2 atom stereocenters. The Morgan fingerprint density at radius 3 is 2.71 bits per heavy atom. The molecule has 1 saturated heterocycles. The molecule has 0 spiro atoms. The van der Waals surface area contributed by atoms with E-state index in [1.54, 1.807) is 11.1 Å². The molecule has 2 aliphatic heterocycles. The van der Waals surface area contributed by atoms with Crippen LogP contribution >= 0.6 is 0 Å². The van der Waals surface area contributed by atoms with Crippen molar-refractivity contribution < 1.29 is 9.32 Å². The van der Waals surface area contributed by atoms with Gasteiger partial charge in [-0.2, -0.15) is 4.98 Å². The minimum Gasteiger partial charge on any atom is -0.337 e. The van der Waals surface area contributed by atoms with Crippen molar-refractivity contribution in [1.82, 2.24) is 25.5 Å². The number of hydrogen-bond donors (Lipinski definition) is 1. The molecule has 5 rings (SSSR count). The standard InChI is InChI=1S/C24H25N5O2/c1-15-8-9-18(12-17(15)3)23-25-22(31-27-23)14-28-10-11-29-21(24(28)30)13-20(26-29)19-7-5-4-6-16(19)2/h4-12,20-21,26H,13-14H2,1-3H3. The van der Waals surface area contributed by atoms with Gasteiger partial charge in [0.15, 0.2) is 0 Å². The first-order chi connectivity index (χ1) is 15.0. The number of aryl methyl sites for hydroxylation is 3. The third-order valence-corrected chi connectivity index (χ3v) is 6.18. The monoisotopic (exact) mass is 415 g/mol. The van der Waals surface area contributed by atoms with Gasteiger partial charge in [-0.15, -0.1) is 0 Å². The highest BCUT2D eigenvalue weighted by molar-refractivity contribution is 5.84. The number of fused-ring (bicyclic) bond motifs is 1. The molecule has 2 unspecified atom stereocenters. The third kappa shape index (κ3) is 3.61. The quantitative estimate of drug-likeness (QED) is 0.699. The highest BCUT2D eigenvalue weighted by atomic mass is 16.5. The summed E-state index contributed by atoms with van der Waals surface area (Å²) in [6, 6.07) is 14.2. The van der Waals surface area contributed by atoms with Crippen LogP contribution in [-0.2, 0) is 11.3 Å². The van der Waals surface area contributed by atoms with Crippen molar-refractivity contribution in [3.63, 3.8) is 0 Å². The van der Waals surface area contributed by atoms with Crippen LogP contribution in [0, 0.1) is 20.8 Å². The van der Waals surface area contributed by atoms with Crippen LogP contribution in [-0.4, -0.2) is 32.0 Å². The number of nitrogens with zero attached hydrogens (tertiary/aromatic N) is 4. The molecule has 0 bridgehead atoms. The predicted octanol–water partition coefficient (Wildman–Crippen LogP) is 3.80. The fourth-order valence-electron chi connectivity index (χ4n) is 4.21. The lowest BCUT2D eigenvalue weighted by Gasteiger charge is -2.30. The molecule has 7 nitrogen and oxygen atoms in total. The minimum absolute atomic E-state index is 0.0250. The summed E-state index contributed by atoms with van der Waals surface area (Å²) in [5.74, 6) is 0.980. The molecule has 2 aliphatic rings. The summed E-state index contributed by atoms with van der Waals surface area (Å²) in [6.45, 7) is 6.48. The van der Waals surface area contributed by atoms with Crippen LogP contribution in [0.4, 0.5) is 0 Å². The highest BCUT2D eigenvalue weighted by Crippen LogP contribution is 2.32. The van der Waals surface area contributed by atoms with Crippen molar-refractivity contribution in [2.24, 2.45) is 0 Å². The Hall–Kier alpha value is -3.45. The van der Waals surface area contributed by atoms with Gasteiger partial charge in [-0.1, -0.05) is 41.6 Å². The van der Waals surface area contributed by atoms with Gasteiger partial charge in [0.2, 0.25) is 11.7 Å². The van der Waals surface area contributed by atoms with Gasteiger partial charge in [0.25, 0.3) is 5.91 Å². The Balaban J connectivity index is 1.30. The van der Waals surface area contributed by atoms with E-state index in [1.165, 1.54) is 22.3 Å². The predicted molar refractivity (Wildman–Crippen MR) is 116 cm³/mol. The van der Waals surface area contributed by atoms with Crippen LogP contribution in [0.25, 0.3) is 11.4 Å². The summed E-state index contributed by atoms with van der Waals surface area (Å²) in [5.41, 5.74) is 9.19. The number of benzene rings is 2. The normalized spacial score (nSPS) is 20.4. The molecule has 0 saturated carbocycles. The maximum absolute atomic E-state index is 13.1. The lowest BCUT2D eigenvalue weighted by atomic mass is 9.97. The molecule has 0 radical (unpaired) electrons. The molecule has 1 aromatic heterocycles. The summed E-state index contributed by atoms with van der Waals surface area (Å²) in [5, 5.41) is 6.01. The van der Waals surface area contributed by atoms with E-state index in [0.717, 1.165) is 5.56 Å². The van der Waals surface area contributed by atoms with Crippen LogP contribution < -0.4 is 5.43 Å². The Kier molecular flexibility index (Phi) is 4.82. The topological polar surface area (TPSA) is 74.5 Å². The average Bonchev–Trinajstić information content (AvgIpc) is 3.40. The number of carbonyl (C=O) groups is 1. The van der Waals surface area contributed by atoms with Gasteiger partial charge in [0.05, 0.1) is 6.04 Å². The molecule has 1 N–H and O–H groups in total. The van der Waals surface area contributed by atoms with Gasteiger partial charge in [-0.3, -0.25) is 4.79 Å². The smallest absolute Gasteiger partial charge is 0.251 e. The molecule has 31 heavy (non-hydrogen) atoms. The van der Waals surface area contributed by atoms with Crippen molar-refractivity contribution in [2.75, 3.05) is 0 Å². The van der Waals surface area contributed by atoms with Crippen LogP contribution in [0.1, 0.15) is 40.6 Å². The zero-order chi connectivity index (χ0) is 21.5. The Morgan fingerprint density at radius 1 is 1.06 bits per heavy atom. The number of amides is 1. The Bertz CT molecular complexity index is 1170. The summed E-state index contributed by atoms with van der Waals surface area (Å²) < 4.78 is 5.44. The summed E-state index contributed by atoms with van der Waals surface area (Å²) in [4.78, 5) is 19.3. The summed E-state index contributed by atoms with van der Waals surface area (Å²) in [7, 11) is 0. The van der Waals surface area contributed by atoms with Crippen LogP contribution in [0.15, 0.2) is 59.4 Å². The zero-order valence-corrected chi connectivity index (χ0v) is 17.9. The van der Waals surface area contributed by atoms with Gasteiger partial charge in [0.1, 0.15) is 12.6 Å². The first-order valence-electron chi connectivity index (χ1n) is 10.5. The van der Waals surface area contributed by atoms with Crippen molar-refractivity contribution in [1.29, 1.82) is 0 Å². The van der Waals surface area contributed by atoms with Crippen molar-refractivity contribution in [3.8, 4) is 11.4 Å². The van der Waals surface area contributed by atoms with E-state index < -0.39 is 0 Å². The SMILES string of the molecule is Cc1ccc(-c2noc(CN3C=CN4NC(c5ccccc5C)CC4C3=O)n2)cc1C. The number of rotatable bonds is 4. The van der Waals surface area contributed by atoms with Gasteiger partial charge >= 0.3 is 0 Å². The van der Waals surface area contributed by atoms with E-state index in [2.05, 4.69) is 48.5 Å². The van der Waals surface area contributed by atoms with Crippen LogP contribution in [0.3, 0.4) is 0 Å². The molecule has 2 aromatic carbocycles. The maximum atomic E-state index is 13.1. The molecule has 3 heterocycles. The fraction of sp³-hybridized carbons (Fsp3) is 0.292. The molecule has 3 aromatic rings. The zero-order valence-electron chi connectivity index (χ0n) is 17.9. The summed E-state index contributed by atoms with van der Waals surface area (Å²) >= 11 is 0. The molecule has 1 fully saturated rings. The molecular formula is C24H25N5O2. The number of hydrazine groups is 1. The number of hydrogen-bond acceptors (Lipinski definition) is 6. The second-order valence-electron chi connectivity index (χ2n) is 8.27. The number of carbonyl (C=O) groups excluding carboxylic acids is 1. The molecule has 7 heteroatoms. The van der Waals surface area contributed by atoms with E-state index in [4.69, 9.17) is 4.52 Å². The van der Waals surface area contributed by atoms with Crippen LogP contribution in [0.5, 0.6) is 0 Å². The van der Waals surface area contributed by atoms with E-state index in [9.17, 15) is 4.79 Å². The number of nitrogens with one attached hydrogen (secondary N) is 1. The minimum atomic E-state index is -0.253. The molecule has 158 valence electrons. The van der Waals surface area contributed by atoms with E-state index in [0.29, 0.717) is 18.1 Å². The van der Waals surface area contributed by atoms with Gasteiger partial charge < -0.3 is 14.4 Å².